The molecule has 0 saturated carbocycles. The molecule has 6 heteroatoms. The minimum absolute atomic E-state index is 0.364. The van der Waals surface area contributed by atoms with Gasteiger partial charge in [-0.25, -0.2) is 9.97 Å². The summed E-state index contributed by atoms with van der Waals surface area (Å²) < 4.78 is 0. The molecule has 0 aromatic carbocycles. The van der Waals surface area contributed by atoms with E-state index in [4.69, 9.17) is 11.5 Å². The van der Waals surface area contributed by atoms with Crippen LogP contribution in [0.5, 0.6) is 0 Å². The zero-order chi connectivity index (χ0) is 11.5. The lowest BCUT2D eigenvalue weighted by Crippen LogP contribution is -2.46. The fourth-order valence-corrected chi connectivity index (χ4v) is 1.93. The van der Waals surface area contributed by atoms with Gasteiger partial charge in [-0.2, -0.15) is 0 Å². The van der Waals surface area contributed by atoms with Crippen LogP contribution < -0.4 is 16.4 Å². The van der Waals surface area contributed by atoms with Crippen molar-refractivity contribution in [3.8, 4) is 0 Å². The van der Waals surface area contributed by atoms with Crippen molar-refractivity contribution < 1.29 is 0 Å². The molecule has 2 heterocycles. The first-order valence-electron chi connectivity index (χ1n) is 5.55. The lowest BCUT2D eigenvalue weighted by molar-refractivity contribution is 0.270. The number of aromatic nitrogens is 2. The van der Waals surface area contributed by atoms with Gasteiger partial charge in [0, 0.05) is 26.2 Å². The van der Waals surface area contributed by atoms with Gasteiger partial charge in [0.05, 0.1) is 0 Å². The van der Waals surface area contributed by atoms with Gasteiger partial charge in [-0.1, -0.05) is 6.92 Å². The van der Waals surface area contributed by atoms with E-state index < -0.39 is 0 Å². The van der Waals surface area contributed by atoms with Crippen LogP contribution in [0.15, 0.2) is 6.33 Å². The molecule has 1 saturated heterocycles. The molecule has 0 amide bonds. The van der Waals surface area contributed by atoms with E-state index >= 15 is 0 Å². The Kier molecular flexibility index (Phi) is 3.09. The van der Waals surface area contributed by atoms with Crippen molar-refractivity contribution in [3.05, 3.63) is 6.33 Å². The number of nitrogens with two attached hydrogens (primary N) is 2. The first kappa shape index (κ1) is 10.9. The van der Waals surface area contributed by atoms with E-state index in [1.165, 1.54) is 6.33 Å². The van der Waals surface area contributed by atoms with Gasteiger partial charge >= 0.3 is 0 Å². The van der Waals surface area contributed by atoms with Gasteiger partial charge in [0.1, 0.15) is 12.0 Å². The zero-order valence-corrected chi connectivity index (χ0v) is 9.56. The highest BCUT2D eigenvalue weighted by Gasteiger charge is 2.19. The molecule has 0 unspecified atom stereocenters. The van der Waals surface area contributed by atoms with Crippen molar-refractivity contribution in [2.45, 2.75) is 6.92 Å². The second-order valence-electron chi connectivity index (χ2n) is 3.92. The summed E-state index contributed by atoms with van der Waals surface area (Å²) in [7, 11) is 0. The van der Waals surface area contributed by atoms with Crippen molar-refractivity contribution >= 4 is 17.3 Å². The van der Waals surface area contributed by atoms with Gasteiger partial charge in [-0.15, -0.1) is 0 Å². The van der Waals surface area contributed by atoms with Crippen LogP contribution in [0.1, 0.15) is 6.92 Å². The SMILES string of the molecule is CCN1CCN(c2ncnc(N)c2N)CC1. The Labute approximate surface area is 95.3 Å². The molecule has 0 atom stereocenters. The number of nitrogen functional groups attached to an aromatic ring is 2. The van der Waals surface area contributed by atoms with E-state index in [1.807, 2.05) is 0 Å². The number of piperazine rings is 1. The van der Waals surface area contributed by atoms with Gasteiger partial charge in [0.25, 0.3) is 0 Å². The first-order valence-corrected chi connectivity index (χ1v) is 5.55. The highest BCUT2D eigenvalue weighted by atomic mass is 15.3. The van der Waals surface area contributed by atoms with Gasteiger partial charge in [-0.3, -0.25) is 0 Å². The summed E-state index contributed by atoms with van der Waals surface area (Å²) in [6, 6.07) is 0. The molecule has 16 heavy (non-hydrogen) atoms. The number of hydrogen-bond acceptors (Lipinski definition) is 6. The lowest BCUT2D eigenvalue weighted by Gasteiger charge is -2.35. The molecular weight excluding hydrogens is 204 g/mol. The monoisotopic (exact) mass is 222 g/mol. The maximum atomic E-state index is 5.88. The van der Waals surface area contributed by atoms with Crippen molar-refractivity contribution in [3.63, 3.8) is 0 Å². The molecule has 1 aromatic rings. The van der Waals surface area contributed by atoms with E-state index in [-0.39, 0.29) is 0 Å². The van der Waals surface area contributed by atoms with Crippen LogP contribution in [0.4, 0.5) is 17.3 Å². The summed E-state index contributed by atoms with van der Waals surface area (Å²) >= 11 is 0. The number of anilines is 3. The highest BCUT2D eigenvalue weighted by Crippen LogP contribution is 2.24. The van der Waals surface area contributed by atoms with Crippen LogP contribution in [0.25, 0.3) is 0 Å². The third-order valence-corrected chi connectivity index (χ3v) is 3.01. The predicted molar refractivity (Wildman–Crippen MR) is 65.2 cm³/mol. The zero-order valence-electron chi connectivity index (χ0n) is 9.56. The highest BCUT2D eigenvalue weighted by molar-refractivity contribution is 5.73. The fraction of sp³-hybridized carbons (Fsp3) is 0.600. The Morgan fingerprint density at radius 3 is 2.50 bits per heavy atom. The summed E-state index contributed by atoms with van der Waals surface area (Å²) in [6.45, 7) is 7.23. The minimum atomic E-state index is 0.364. The van der Waals surface area contributed by atoms with E-state index in [0.29, 0.717) is 11.5 Å². The summed E-state index contributed by atoms with van der Waals surface area (Å²) in [5.74, 6) is 1.13. The van der Waals surface area contributed by atoms with Gasteiger partial charge in [0.15, 0.2) is 11.6 Å². The predicted octanol–water partition coefficient (Wildman–Crippen LogP) is -0.217. The third kappa shape index (κ3) is 2.01. The standard InChI is InChI=1S/C10H18N6/c1-2-15-3-5-16(6-4-15)10-8(11)9(12)13-7-14-10/h7H,2-6,11H2,1H3,(H2,12,13,14). The van der Waals surface area contributed by atoms with Gasteiger partial charge in [-0.05, 0) is 6.54 Å². The van der Waals surface area contributed by atoms with Crippen LogP contribution >= 0.6 is 0 Å². The van der Waals surface area contributed by atoms with Crippen LogP contribution in [0, 0.1) is 0 Å². The Balaban J connectivity index is 2.11. The molecular formula is C10H18N6. The second kappa shape index (κ2) is 4.52. The van der Waals surface area contributed by atoms with Crippen LogP contribution in [0.3, 0.4) is 0 Å². The van der Waals surface area contributed by atoms with Crippen molar-refractivity contribution in [1.82, 2.24) is 14.9 Å². The van der Waals surface area contributed by atoms with Crippen molar-refractivity contribution in [1.29, 1.82) is 0 Å². The Morgan fingerprint density at radius 2 is 1.88 bits per heavy atom. The molecule has 2 rings (SSSR count). The Hall–Kier alpha value is -1.56. The fourth-order valence-electron chi connectivity index (χ4n) is 1.93. The van der Waals surface area contributed by atoms with Crippen LogP contribution in [-0.2, 0) is 0 Å². The number of rotatable bonds is 2. The third-order valence-electron chi connectivity index (χ3n) is 3.01. The molecule has 0 spiro atoms. The topological polar surface area (TPSA) is 84.3 Å². The summed E-state index contributed by atoms with van der Waals surface area (Å²) in [5.41, 5.74) is 12.0. The molecule has 1 aliphatic heterocycles. The maximum absolute atomic E-state index is 5.88. The molecule has 0 aliphatic carbocycles. The largest absolute Gasteiger partial charge is 0.393 e. The molecule has 1 aromatic heterocycles. The average Bonchev–Trinajstić information content (AvgIpc) is 2.33. The number of nitrogens with zero attached hydrogens (tertiary/aromatic N) is 4. The van der Waals surface area contributed by atoms with Gasteiger partial charge < -0.3 is 21.3 Å². The number of hydrogen-bond donors (Lipinski definition) is 2. The normalized spacial score (nSPS) is 17.7. The first-order chi connectivity index (χ1) is 7.72. The average molecular weight is 222 g/mol. The van der Waals surface area contributed by atoms with Crippen molar-refractivity contribution in [2.24, 2.45) is 0 Å². The van der Waals surface area contributed by atoms with E-state index in [0.717, 1.165) is 38.5 Å². The molecule has 4 N–H and O–H groups in total. The maximum Gasteiger partial charge on any atom is 0.157 e. The van der Waals surface area contributed by atoms with Crippen molar-refractivity contribution in [2.75, 3.05) is 49.1 Å². The smallest absolute Gasteiger partial charge is 0.157 e. The van der Waals surface area contributed by atoms with E-state index in [9.17, 15) is 0 Å². The van der Waals surface area contributed by atoms with E-state index in [2.05, 4.69) is 26.7 Å². The summed E-state index contributed by atoms with van der Waals surface area (Å²) in [4.78, 5) is 12.6. The molecule has 1 aliphatic rings. The number of likely N-dealkylation sites (N-methyl/N-ethyl adjacent to an activating group) is 1. The second-order valence-corrected chi connectivity index (χ2v) is 3.92. The lowest BCUT2D eigenvalue weighted by atomic mass is 10.3. The quantitative estimate of drug-likeness (QED) is 0.720. The molecule has 0 bridgehead atoms. The Bertz CT molecular complexity index is 358. The molecule has 88 valence electrons. The molecule has 1 fully saturated rings. The Morgan fingerprint density at radius 1 is 1.19 bits per heavy atom. The molecule has 0 radical (unpaired) electrons. The van der Waals surface area contributed by atoms with Crippen LogP contribution in [-0.4, -0.2) is 47.6 Å². The van der Waals surface area contributed by atoms with Crippen LogP contribution in [0.2, 0.25) is 0 Å². The summed E-state index contributed by atoms with van der Waals surface area (Å²) in [5, 5.41) is 0. The molecule has 6 nitrogen and oxygen atoms in total. The van der Waals surface area contributed by atoms with E-state index in [1.54, 1.807) is 0 Å². The van der Waals surface area contributed by atoms with Gasteiger partial charge in [0.2, 0.25) is 0 Å². The minimum Gasteiger partial charge on any atom is -0.393 e. The summed E-state index contributed by atoms with van der Waals surface area (Å²) in [6.07, 6.45) is 1.47.